The molecule has 1 aliphatic heterocycles. The molecule has 2 rings (SSSR count). The van der Waals surface area contributed by atoms with E-state index in [1.54, 1.807) is 24.3 Å². The van der Waals surface area contributed by atoms with Gasteiger partial charge in [0, 0.05) is 0 Å². The van der Waals surface area contributed by atoms with Crippen molar-refractivity contribution in [1.29, 1.82) is 0 Å². The number of epoxide rings is 1. The Balaban J connectivity index is 1.94. The molecule has 1 aliphatic rings. The minimum Gasteiger partial charge on any atom is -0.469 e. The monoisotopic (exact) mass is 250 g/mol. The molecule has 5 heteroatoms. The Morgan fingerprint density at radius 3 is 2.39 bits per heavy atom. The zero-order chi connectivity index (χ0) is 13.1. The third kappa shape index (κ3) is 3.07. The summed E-state index contributed by atoms with van der Waals surface area (Å²) in [6, 6.07) is 6.64. The van der Waals surface area contributed by atoms with Crippen molar-refractivity contribution in [3.8, 4) is 0 Å². The van der Waals surface area contributed by atoms with Gasteiger partial charge in [-0.3, -0.25) is 4.79 Å². The molecule has 96 valence electrons. The van der Waals surface area contributed by atoms with Crippen LogP contribution in [0.2, 0.25) is 0 Å². The van der Waals surface area contributed by atoms with Crippen molar-refractivity contribution in [2.45, 2.75) is 25.7 Å². The van der Waals surface area contributed by atoms with Crippen LogP contribution in [-0.4, -0.2) is 31.4 Å². The van der Waals surface area contributed by atoms with Crippen molar-refractivity contribution < 1.29 is 23.8 Å². The molecule has 1 aromatic carbocycles. The molecule has 0 spiro atoms. The second-order valence-corrected chi connectivity index (χ2v) is 4.06. The smallest absolute Gasteiger partial charge is 0.340 e. The van der Waals surface area contributed by atoms with Gasteiger partial charge in [0.05, 0.1) is 19.1 Å². The van der Waals surface area contributed by atoms with Crippen molar-refractivity contribution in [2.75, 3.05) is 7.11 Å². The van der Waals surface area contributed by atoms with Crippen LogP contribution in [-0.2, 0) is 25.4 Å². The maximum atomic E-state index is 11.6. The van der Waals surface area contributed by atoms with Crippen LogP contribution in [0.25, 0.3) is 0 Å². The van der Waals surface area contributed by atoms with E-state index in [4.69, 9.17) is 9.47 Å². The van der Waals surface area contributed by atoms with Gasteiger partial charge in [0.1, 0.15) is 6.10 Å². The Morgan fingerprint density at radius 1 is 1.28 bits per heavy atom. The first-order valence-corrected chi connectivity index (χ1v) is 5.62. The summed E-state index contributed by atoms with van der Waals surface area (Å²) in [5, 5.41) is 0. The van der Waals surface area contributed by atoms with Gasteiger partial charge in [-0.05, 0) is 24.6 Å². The van der Waals surface area contributed by atoms with E-state index in [0.29, 0.717) is 5.56 Å². The quantitative estimate of drug-likeness (QED) is 0.595. The van der Waals surface area contributed by atoms with Gasteiger partial charge in [-0.2, -0.15) is 0 Å². The number of hydrogen-bond donors (Lipinski definition) is 0. The third-order valence-electron chi connectivity index (χ3n) is 2.64. The summed E-state index contributed by atoms with van der Waals surface area (Å²) in [6.07, 6.45) is -0.256. The number of rotatable bonds is 4. The van der Waals surface area contributed by atoms with Crippen LogP contribution in [0.15, 0.2) is 24.3 Å². The molecule has 2 unspecified atom stereocenters. The molecule has 1 heterocycles. The molecular formula is C13H14O5. The Morgan fingerprint density at radius 2 is 1.89 bits per heavy atom. The average molecular weight is 250 g/mol. The lowest BCUT2D eigenvalue weighted by atomic mass is 10.1. The van der Waals surface area contributed by atoms with E-state index in [-0.39, 0.29) is 18.5 Å². The van der Waals surface area contributed by atoms with Gasteiger partial charge >= 0.3 is 11.9 Å². The molecule has 0 bridgehead atoms. The number of benzene rings is 1. The lowest BCUT2D eigenvalue weighted by molar-refractivity contribution is -0.139. The molecule has 18 heavy (non-hydrogen) atoms. The Labute approximate surface area is 105 Å². The molecular weight excluding hydrogens is 236 g/mol. The fourth-order valence-corrected chi connectivity index (χ4v) is 1.46. The van der Waals surface area contributed by atoms with Gasteiger partial charge in [-0.15, -0.1) is 0 Å². The normalized spacial score (nSPS) is 21.2. The molecule has 0 amide bonds. The van der Waals surface area contributed by atoms with Gasteiger partial charge in [-0.1, -0.05) is 12.1 Å². The highest BCUT2D eigenvalue weighted by molar-refractivity contribution is 5.89. The number of carbonyl (C=O) groups is 2. The van der Waals surface area contributed by atoms with Crippen LogP contribution in [0.1, 0.15) is 22.8 Å². The maximum Gasteiger partial charge on any atom is 0.340 e. The van der Waals surface area contributed by atoms with Crippen LogP contribution >= 0.6 is 0 Å². The van der Waals surface area contributed by atoms with Gasteiger partial charge < -0.3 is 14.2 Å². The van der Waals surface area contributed by atoms with E-state index >= 15 is 0 Å². The summed E-state index contributed by atoms with van der Waals surface area (Å²) in [5.41, 5.74) is 1.22. The van der Waals surface area contributed by atoms with E-state index in [0.717, 1.165) is 5.56 Å². The summed E-state index contributed by atoms with van der Waals surface area (Å²) < 4.78 is 14.6. The molecule has 1 aromatic rings. The molecule has 0 aliphatic carbocycles. The average Bonchev–Trinajstić information content (AvgIpc) is 3.05. The van der Waals surface area contributed by atoms with Gasteiger partial charge in [-0.25, -0.2) is 4.79 Å². The molecule has 0 radical (unpaired) electrons. The first-order valence-electron chi connectivity index (χ1n) is 5.62. The lowest BCUT2D eigenvalue weighted by Gasteiger charge is -2.03. The predicted octanol–water partition coefficient (Wildman–Crippen LogP) is 1.30. The van der Waals surface area contributed by atoms with E-state index < -0.39 is 12.3 Å². The second kappa shape index (κ2) is 5.18. The SMILES string of the molecule is COC(=O)Cc1ccc(C(=O)OC2OC2C)cc1. The third-order valence-corrected chi connectivity index (χ3v) is 2.64. The maximum absolute atomic E-state index is 11.6. The Hall–Kier alpha value is -1.88. The van der Waals surface area contributed by atoms with Crippen LogP contribution < -0.4 is 0 Å². The first kappa shape index (κ1) is 12.6. The molecule has 5 nitrogen and oxygen atoms in total. The van der Waals surface area contributed by atoms with Crippen molar-refractivity contribution in [2.24, 2.45) is 0 Å². The van der Waals surface area contributed by atoms with Crippen molar-refractivity contribution in [3.63, 3.8) is 0 Å². The van der Waals surface area contributed by atoms with Crippen LogP contribution in [0.5, 0.6) is 0 Å². The summed E-state index contributed by atoms with van der Waals surface area (Å²) in [4.78, 5) is 22.7. The summed E-state index contributed by atoms with van der Waals surface area (Å²) in [5.74, 6) is -0.737. The molecule has 0 N–H and O–H groups in total. The van der Waals surface area contributed by atoms with E-state index in [9.17, 15) is 9.59 Å². The van der Waals surface area contributed by atoms with Crippen molar-refractivity contribution in [3.05, 3.63) is 35.4 Å². The van der Waals surface area contributed by atoms with Crippen molar-refractivity contribution >= 4 is 11.9 Å². The minimum atomic E-state index is -0.424. The summed E-state index contributed by atoms with van der Waals surface area (Å²) in [7, 11) is 1.34. The fraction of sp³-hybridized carbons (Fsp3) is 0.385. The van der Waals surface area contributed by atoms with Crippen molar-refractivity contribution in [1.82, 2.24) is 0 Å². The topological polar surface area (TPSA) is 65.1 Å². The molecule has 1 saturated heterocycles. The molecule has 2 atom stereocenters. The highest BCUT2D eigenvalue weighted by Crippen LogP contribution is 2.23. The summed E-state index contributed by atoms with van der Waals surface area (Å²) >= 11 is 0. The highest BCUT2D eigenvalue weighted by Gasteiger charge is 2.38. The Kier molecular flexibility index (Phi) is 3.62. The van der Waals surface area contributed by atoms with E-state index in [1.165, 1.54) is 7.11 Å². The first-order chi connectivity index (χ1) is 8.60. The molecule has 0 aromatic heterocycles. The van der Waals surface area contributed by atoms with Crippen LogP contribution in [0.3, 0.4) is 0 Å². The second-order valence-electron chi connectivity index (χ2n) is 4.06. The number of ether oxygens (including phenoxy) is 3. The number of hydrogen-bond acceptors (Lipinski definition) is 5. The fourth-order valence-electron chi connectivity index (χ4n) is 1.46. The largest absolute Gasteiger partial charge is 0.469 e. The highest BCUT2D eigenvalue weighted by atomic mass is 16.8. The van der Waals surface area contributed by atoms with Gasteiger partial charge in [0.25, 0.3) is 0 Å². The number of esters is 2. The summed E-state index contributed by atoms with van der Waals surface area (Å²) in [6.45, 7) is 1.83. The predicted molar refractivity (Wildman–Crippen MR) is 61.9 cm³/mol. The molecule has 0 saturated carbocycles. The Bertz CT molecular complexity index is 451. The van der Waals surface area contributed by atoms with E-state index in [2.05, 4.69) is 4.74 Å². The zero-order valence-corrected chi connectivity index (χ0v) is 10.2. The number of methoxy groups -OCH3 is 1. The lowest BCUT2D eigenvalue weighted by Crippen LogP contribution is -2.09. The van der Waals surface area contributed by atoms with Crippen LogP contribution in [0.4, 0.5) is 0 Å². The number of carbonyl (C=O) groups excluding carboxylic acids is 2. The van der Waals surface area contributed by atoms with Gasteiger partial charge in [0.15, 0.2) is 0 Å². The van der Waals surface area contributed by atoms with Crippen LogP contribution in [0, 0.1) is 0 Å². The van der Waals surface area contributed by atoms with E-state index in [1.807, 2.05) is 6.92 Å². The standard InChI is InChI=1S/C13H14O5/c1-8-13(17-8)18-12(15)10-5-3-9(4-6-10)7-11(14)16-2/h3-6,8,13H,7H2,1-2H3. The van der Waals surface area contributed by atoms with Gasteiger partial charge in [0.2, 0.25) is 6.29 Å². The zero-order valence-electron chi connectivity index (χ0n) is 10.2. The molecule has 1 fully saturated rings. The minimum absolute atomic E-state index is 0.0208.